The van der Waals surface area contributed by atoms with Gasteiger partial charge >= 0.3 is 5.97 Å². The molecule has 0 N–H and O–H groups in total. The SMILES string of the molecule is COC(=O)CCCCC#C/C=C/C=C/[C@H](C)CC#C[Si](C)(C)C. The molecule has 0 rings (SSSR count). The summed E-state index contributed by atoms with van der Waals surface area (Å²) in [6, 6.07) is 0. The van der Waals surface area contributed by atoms with Gasteiger partial charge in [-0.3, -0.25) is 4.79 Å². The number of allylic oxidation sites excluding steroid dienone is 4. The predicted molar refractivity (Wildman–Crippen MR) is 101 cm³/mol. The number of methoxy groups -OCH3 is 1. The molecule has 23 heavy (non-hydrogen) atoms. The molecule has 0 unspecified atom stereocenters. The van der Waals surface area contributed by atoms with Crippen LogP contribution in [-0.2, 0) is 9.53 Å². The van der Waals surface area contributed by atoms with Crippen LogP contribution in [0.5, 0.6) is 0 Å². The van der Waals surface area contributed by atoms with Gasteiger partial charge in [-0.15, -0.1) is 11.5 Å². The molecule has 0 aromatic carbocycles. The summed E-state index contributed by atoms with van der Waals surface area (Å²) in [4.78, 5) is 10.9. The van der Waals surface area contributed by atoms with Gasteiger partial charge in [-0.2, -0.15) is 0 Å². The van der Waals surface area contributed by atoms with Gasteiger partial charge in [0.1, 0.15) is 8.07 Å². The summed E-state index contributed by atoms with van der Waals surface area (Å²) in [5, 5.41) is 0. The van der Waals surface area contributed by atoms with Crippen LogP contribution in [0.2, 0.25) is 19.6 Å². The Kier molecular flexibility index (Phi) is 11.8. The Hall–Kier alpha value is -1.71. The summed E-state index contributed by atoms with van der Waals surface area (Å²) in [6.45, 7) is 8.96. The third kappa shape index (κ3) is 16.5. The maximum atomic E-state index is 10.9. The molecule has 0 bridgehead atoms. The van der Waals surface area contributed by atoms with Crippen molar-refractivity contribution in [2.45, 2.75) is 58.7 Å². The molecular weight excluding hydrogens is 300 g/mol. The minimum Gasteiger partial charge on any atom is -0.469 e. The van der Waals surface area contributed by atoms with Crippen LogP contribution in [0.15, 0.2) is 24.3 Å². The van der Waals surface area contributed by atoms with Crippen LogP contribution in [-0.4, -0.2) is 21.2 Å². The number of hydrogen-bond acceptors (Lipinski definition) is 2. The highest BCUT2D eigenvalue weighted by Gasteiger charge is 2.07. The highest BCUT2D eigenvalue weighted by Crippen LogP contribution is 2.04. The van der Waals surface area contributed by atoms with E-state index >= 15 is 0 Å². The zero-order valence-corrected chi connectivity index (χ0v) is 16.2. The van der Waals surface area contributed by atoms with E-state index in [4.69, 9.17) is 0 Å². The fourth-order valence-corrected chi connectivity index (χ4v) is 2.25. The van der Waals surface area contributed by atoms with E-state index in [1.165, 1.54) is 7.11 Å². The number of carbonyl (C=O) groups is 1. The van der Waals surface area contributed by atoms with Gasteiger partial charge in [-0.05, 0) is 24.8 Å². The topological polar surface area (TPSA) is 26.3 Å². The Bertz CT molecular complexity index is 516. The molecule has 0 amide bonds. The number of hydrogen-bond donors (Lipinski definition) is 0. The lowest BCUT2D eigenvalue weighted by molar-refractivity contribution is -0.140. The molecule has 2 nitrogen and oxygen atoms in total. The molecule has 126 valence electrons. The van der Waals surface area contributed by atoms with Gasteiger partial charge in [0.05, 0.1) is 7.11 Å². The van der Waals surface area contributed by atoms with Gasteiger partial charge in [-0.1, -0.05) is 56.6 Å². The first-order chi connectivity index (χ1) is 10.8. The van der Waals surface area contributed by atoms with Crippen molar-refractivity contribution in [2.24, 2.45) is 5.92 Å². The van der Waals surface area contributed by atoms with Gasteiger partial charge in [0.25, 0.3) is 0 Å². The van der Waals surface area contributed by atoms with Crippen molar-refractivity contribution in [3.05, 3.63) is 24.3 Å². The fraction of sp³-hybridized carbons (Fsp3) is 0.550. The van der Waals surface area contributed by atoms with Crippen LogP contribution in [0.1, 0.15) is 39.0 Å². The maximum Gasteiger partial charge on any atom is 0.305 e. The van der Waals surface area contributed by atoms with E-state index in [1.54, 1.807) is 0 Å². The average molecular weight is 331 g/mol. The van der Waals surface area contributed by atoms with Crippen molar-refractivity contribution in [2.75, 3.05) is 7.11 Å². The largest absolute Gasteiger partial charge is 0.469 e. The second kappa shape index (κ2) is 12.8. The molecule has 0 aromatic heterocycles. The first kappa shape index (κ1) is 21.3. The van der Waals surface area contributed by atoms with E-state index < -0.39 is 8.07 Å². The van der Waals surface area contributed by atoms with E-state index in [2.05, 4.69) is 60.7 Å². The van der Waals surface area contributed by atoms with E-state index in [-0.39, 0.29) is 5.97 Å². The molecule has 0 aliphatic heterocycles. The average Bonchev–Trinajstić information content (AvgIpc) is 2.47. The van der Waals surface area contributed by atoms with Crippen molar-refractivity contribution in [1.29, 1.82) is 0 Å². The normalized spacial score (nSPS) is 12.4. The van der Waals surface area contributed by atoms with Crippen molar-refractivity contribution in [1.82, 2.24) is 0 Å². The number of carbonyl (C=O) groups excluding carboxylic acids is 1. The summed E-state index contributed by atoms with van der Waals surface area (Å²) < 4.78 is 4.58. The molecule has 0 heterocycles. The minimum absolute atomic E-state index is 0.147. The van der Waals surface area contributed by atoms with Crippen LogP contribution >= 0.6 is 0 Å². The highest BCUT2D eigenvalue weighted by atomic mass is 28.3. The van der Waals surface area contributed by atoms with Crippen molar-refractivity contribution in [3.8, 4) is 23.3 Å². The van der Waals surface area contributed by atoms with Gasteiger partial charge in [0.15, 0.2) is 0 Å². The van der Waals surface area contributed by atoms with Crippen LogP contribution in [0.3, 0.4) is 0 Å². The molecule has 0 aliphatic rings. The van der Waals surface area contributed by atoms with Gasteiger partial charge in [0.2, 0.25) is 0 Å². The second-order valence-electron chi connectivity index (χ2n) is 6.58. The summed E-state index contributed by atoms with van der Waals surface area (Å²) in [5.41, 5.74) is 3.38. The smallest absolute Gasteiger partial charge is 0.305 e. The molecule has 1 atom stereocenters. The molecule has 0 saturated heterocycles. The lowest BCUT2D eigenvalue weighted by atomic mass is 10.1. The van der Waals surface area contributed by atoms with E-state index in [0.717, 1.165) is 25.7 Å². The van der Waals surface area contributed by atoms with Crippen molar-refractivity contribution in [3.63, 3.8) is 0 Å². The Morgan fingerprint density at radius 3 is 2.57 bits per heavy atom. The Labute approximate surface area is 143 Å². The lowest BCUT2D eigenvalue weighted by Gasteiger charge is -2.04. The van der Waals surface area contributed by atoms with E-state index in [9.17, 15) is 4.79 Å². The quantitative estimate of drug-likeness (QED) is 0.221. The number of ether oxygens (including phenoxy) is 1. The summed E-state index contributed by atoms with van der Waals surface area (Å²) in [7, 11) is 0.178. The summed E-state index contributed by atoms with van der Waals surface area (Å²) in [5.74, 6) is 9.69. The fourth-order valence-electron chi connectivity index (χ4n) is 1.62. The van der Waals surface area contributed by atoms with Crippen LogP contribution in [0.4, 0.5) is 0 Å². The standard InChI is InChI=1S/C20H30O2Si/c1-19(16-14-18-23(3,4)5)15-12-10-8-6-7-9-11-13-17-20(21)22-2/h8,10,12,15,19H,9,11,13,16-17H2,1-5H3/b10-8+,15-12+/t19-/m0/s1. The third-order valence-corrected chi connectivity index (χ3v) is 3.81. The van der Waals surface area contributed by atoms with Gasteiger partial charge in [-0.25, -0.2) is 0 Å². The van der Waals surface area contributed by atoms with Gasteiger partial charge < -0.3 is 4.74 Å². The highest BCUT2D eigenvalue weighted by molar-refractivity contribution is 6.83. The van der Waals surface area contributed by atoms with Crippen molar-refractivity contribution < 1.29 is 9.53 Å². The third-order valence-electron chi connectivity index (χ3n) is 2.88. The van der Waals surface area contributed by atoms with E-state index in [0.29, 0.717) is 12.3 Å². The molecule has 0 aliphatic carbocycles. The zero-order valence-electron chi connectivity index (χ0n) is 15.2. The summed E-state index contributed by atoms with van der Waals surface area (Å²) >= 11 is 0. The second-order valence-corrected chi connectivity index (χ2v) is 11.3. The van der Waals surface area contributed by atoms with Crippen LogP contribution in [0.25, 0.3) is 0 Å². The monoisotopic (exact) mass is 330 g/mol. The van der Waals surface area contributed by atoms with E-state index in [1.807, 2.05) is 18.2 Å². The zero-order chi connectivity index (χ0) is 17.6. The molecule has 0 fully saturated rings. The Balaban J connectivity index is 3.86. The molecule has 0 radical (unpaired) electrons. The molecule has 0 aromatic rings. The minimum atomic E-state index is -1.24. The molecular formula is C20H30O2Si. The number of esters is 1. The number of rotatable bonds is 7. The Morgan fingerprint density at radius 2 is 1.91 bits per heavy atom. The van der Waals surface area contributed by atoms with Gasteiger partial charge in [0, 0.05) is 19.3 Å². The van der Waals surface area contributed by atoms with Crippen LogP contribution in [0, 0.1) is 29.2 Å². The first-order valence-corrected chi connectivity index (χ1v) is 11.7. The van der Waals surface area contributed by atoms with Crippen molar-refractivity contribution >= 4 is 14.0 Å². The van der Waals surface area contributed by atoms with Crippen LogP contribution < -0.4 is 0 Å². The molecule has 3 heteroatoms. The number of unbranched alkanes of at least 4 members (excludes halogenated alkanes) is 2. The molecule has 0 saturated carbocycles. The predicted octanol–water partition coefficient (Wildman–Crippen LogP) is 4.74. The summed E-state index contributed by atoms with van der Waals surface area (Å²) in [6.07, 6.45) is 12.0. The maximum absolute atomic E-state index is 10.9. The lowest BCUT2D eigenvalue weighted by Crippen LogP contribution is -2.16. The first-order valence-electron chi connectivity index (χ1n) is 8.23. The molecule has 0 spiro atoms. The Morgan fingerprint density at radius 1 is 1.17 bits per heavy atom.